The van der Waals surface area contributed by atoms with Gasteiger partial charge < -0.3 is 9.32 Å². The third-order valence-corrected chi connectivity index (χ3v) is 12.4. The first-order valence-corrected chi connectivity index (χ1v) is 21.2. The molecule has 0 spiro atoms. The summed E-state index contributed by atoms with van der Waals surface area (Å²) < 4.78 is 8.51. The Hall–Kier alpha value is -8.61. The van der Waals surface area contributed by atoms with Crippen LogP contribution in [0.3, 0.4) is 0 Å². The van der Waals surface area contributed by atoms with E-state index in [1.165, 1.54) is 5.56 Å². The molecule has 0 N–H and O–H groups in total. The van der Waals surface area contributed by atoms with Crippen molar-refractivity contribution >= 4 is 60.8 Å². The number of para-hydroxylation sites is 3. The Morgan fingerprint density at radius 2 is 0.937 bits per heavy atom. The topological polar surface area (TPSA) is 60.0 Å². The average molecular weight is 806 g/mol. The van der Waals surface area contributed by atoms with Crippen molar-refractivity contribution in [3.8, 4) is 62.1 Å². The van der Waals surface area contributed by atoms with Gasteiger partial charge in [-0.1, -0.05) is 164 Å². The lowest BCUT2D eigenvalue weighted by Crippen LogP contribution is -2.13. The summed E-state index contributed by atoms with van der Waals surface area (Å²) in [6.07, 6.45) is 0. The molecule has 0 radical (unpaired) electrons. The fourth-order valence-electron chi connectivity index (χ4n) is 9.54. The first kappa shape index (κ1) is 35.2. The van der Waals surface area contributed by atoms with Crippen LogP contribution in [-0.2, 0) is 0 Å². The van der Waals surface area contributed by atoms with Crippen molar-refractivity contribution in [1.29, 1.82) is 0 Å². The van der Waals surface area contributed by atoms with Gasteiger partial charge in [-0.05, 0) is 70.8 Å². The minimum Gasteiger partial charge on any atom is -0.456 e. The molecule has 0 saturated carbocycles. The fourth-order valence-corrected chi connectivity index (χ4v) is 9.54. The van der Waals surface area contributed by atoms with Crippen LogP contribution in [0, 0.1) is 0 Å². The Kier molecular flexibility index (Phi) is 7.80. The maximum absolute atomic E-state index is 6.24. The second-order valence-electron chi connectivity index (χ2n) is 16.0. The highest BCUT2D eigenvalue weighted by molar-refractivity contribution is 6.20. The van der Waals surface area contributed by atoms with E-state index in [2.05, 4.69) is 173 Å². The van der Waals surface area contributed by atoms with E-state index in [-0.39, 0.29) is 0 Å². The molecule has 0 aliphatic carbocycles. The van der Waals surface area contributed by atoms with Crippen LogP contribution in [-0.4, -0.2) is 19.5 Å². The monoisotopic (exact) mass is 805 g/mol. The van der Waals surface area contributed by atoms with Gasteiger partial charge in [0.1, 0.15) is 11.2 Å². The first-order valence-electron chi connectivity index (χ1n) is 21.2. The standard InChI is InChI=1S/C57H35N5O/c1-4-16-36(17-5-1)55-58-56(37-18-6-2-7-19-37)60-57(59-55)62-50-32-28-38(39-29-33-52-48(35-39)44-25-13-15-27-51(44)63-52)34-47(50)46-31-30-45-42-23-11-10-22-41(42)43-24-12-14-26-49(43)61(53(45)54(46)62)40-20-8-3-9-21-40/h1-35H. The number of fused-ring (bicyclic) bond motifs is 12. The number of anilines is 3. The number of aromatic nitrogens is 4. The summed E-state index contributed by atoms with van der Waals surface area (Å²) in [5, 5.41) is 4.37. The van der Waals surface area contributed by atoms with E-state index in [1.807, 2.05) is 48.5 Å². The van der Waals surface area contributed by atoms with Crippen molar-refractivity contribution in [1.82, 2.24) is 19.5 Å². The predicted octanol–water partition coefficient (Wildman–Crippen LogP) is 15.0. The molecule has 6 nitrogen and oxygen atoms in total. The summed E-state index contributed by atoms with van der Waals surface area (Å²) in [6, 6.07) is 74.7. The smallest absolute Gasteiger partial charge is 0.238 e. The molecule has 294 valence electrons. The van der Waals surface area contributed by atoms with Crippen LogP contribution < -0.4 is 4.90 Å². The van der Waals surface area contributed by atoms with E-state index in [4.69, 9.17) is 19.4 Å². The van der Waals surface area contributed by atoms with Gasteiger partial charge in [0.25, 0.3) is 0 Å². The van der Waals surface area contributed by atoms with Crippen LogP contribution in [0.1, 0.15) is 0 Å². The van der Waals surface area contributed by atoms with Crippen molar-refractivity contribution in [2.45, 2.75) is 0 Å². The molecule has 6 heteroatoms. The van der Waals surface area contributed by atoms with Gasteiger partial charge in [0.05, 0.1) is 22.4 Å². The second kappa shape index (κ2) is 14.0. The molecule has 0 atom stereocenters. The maximum atomic E-state index is 6.24. The molecule has 1 aliphatic rings. The van der Waals surface area contributed by atoms with Gasteiger partial charge >= 0.3 is 0 Å². The van der Waals surface area contributed by atoms with Crippen LogP contribution in [0.25, 0.3) is 106 Å². The third-order valence-electron chi connectivity index (χ3n) is 12.4. The summed E-state index contributed by atoms with van der Waals surface area (Å²) in [5.41, 5.74) is 15.6. The van der Waals surface area contributed by atoms with Crippen molar-refractivity contribution < 1.29 is 4.42 Å². The summed E-state index contributed by atoms with van der Waals surface area (Å²) in [7, 11) is 0. The number of hydrogen-bond donors (Lipinski definition) is 0. The first-order chi connectivity index (χ1) is 31.2. The molecular weight excluding hydrogens is 771 g/mol. The lowest BCUT2D eigenvalue weighted by molar-refractivity contribution is 0.669. The number of rotatable bonds is 5. The molecule has 63 heavy (non-hydrogen) atoms. The van der Waals surface area contributed by atoms with Crippen LogP contribution in [0.5, 0.6) is 0 Å². The summed E-state index contributed by atoms with van der Waals surface area (Å²) in [4.78, 5) is 18.3. The van der Waals surface area contributed by atoms with Crippen molar-refractivity contribution in [2.75, 3.05) is 4.90 Å². The molecule has 0 fully saturated rings. The van der Waals surface area contributed by atoms with Crippen LogP contribution in [0.15, 0.2) is 217 Å². The van der Waals surface area contributed by atoms with E-state index in [9.17, 15) is 0 Å². The Morgan fingerprint density at radius 3 is 1.67 bits per heavy atom. The van der Waals surface area contributed by atoms with Crippen molar-refractivity contribution in [3.05, 3.63) is 212 Å². The fraction of sp³-hybridized carbons (Fsp3) is 0. The molecule has 3 aromatic heterocycles. The number of furan rings is 1. The van der Waals surface area contributed by atoms with Crippen LogP contribution >= 0.6 is 0 Å². The van der Waals surface area contributed by atoms with Gasteiger partial charge in [0.15, 0.2) is 11.6 Å². The zero-order valence-electron chi connectivity index (χ0n) is 33.9. The summed E-state index contributed by atoms with van der Waals surface area (Å²) in [5.74, 6) is 1.74. The highest BCUT2D eigenvalue weighted by atomic mass is 16.3. The zero-order chi connectivity index (χ0) is 41.4. The van der Waals surface area contributed by atoms with E-state index in [0.29, 0.717) is 17.6 Å². The highest BCUT2D eigenvalue weighted by Crippen LogP contribution is 2.54. The van der Waals surface area contributed by atoms with Gasteiger partial charge in [-0.2, -0.15) is 9.97 Å². The minimum absolute atomic E-state index is 0.536. The predicted molar refractivity (Wildman–Crippen MR) is 257 cm³/mol. The molecule has 1 aliphatic heterocycles. The summed E-state index contributed by atoms with van der Waals surface area (Å²) >= 11 is 0. The van der Waals surface area contributed by atoms with Gasteiger partial charge in [0, 0.05) is 49.5 Å². The molecule has 4 heterocycles. The quantitative estimate of drug-likeness (QED) is 0.173. The molecule has 0 unspecified atom stereocenters. The largest absolute Gasteiger partial charge is 0.456 e. The Balaban J connectivity index is 1.17. The van der Waals surface area contributed by atoms with Gasteiger partial charge in [-0.15, -0.1) is 0 Å². The molecule has 13 rings (SSSR count). The normalized spacial score (nSPS) is 12.1. The van der Waals surface area contributed by atoms with Gasteiger partial charge in [0.2, 0.25) is 5.95 Å². The maximum Gasteiger partial charge on any atom is 0.238 e. The Bertz CT molecular complexity index is 3690. The highest BCUT2D eigenvalue weighted by Gasteiger charge is 2.31. The Labute approximate surface area is 362 Å². The molecule has 0 amide bonds. The van der Waals surface area contributed by atoms with Crippen LogP contribution in [0.4, 0.5) is 17.1 Å². The van der Waals surface area contributed by atoms with E-state index < -0.39 is 0 Å². The van der Waals surface area contributed by atoms with Crippen molar-refractivity contribution in [3.63, 3.8) is 0 Å². The third kappa shape index (κ3) is 5.55. The summed E-state index contributed by atoms with van der Waals surface area (Å²) in [6.45, 7) is 0. The molecular formula is C57H35N5O. The van der Waals surface area contributed by atoms with Gasteiger partial charge in [-0.25, -0.2) is 4.98 Å². The lowest BCUT2D eigenvalue weighted by Gasteiger charge is -2.28. The molecule has 0 saturated heterocycles. The molecule has 9 aromatic carbocycles. The SMILES string of the molecule is c1ccc(-c2nc(-c3ccccc3)nc(-n3c4ccc(-c5ccc6oc7ccccc7c6c5)cc4c4ccc5c(c43)N(c3ccccc3)c3ccccc3-c3ccccc3-5)n2)cc1. The van der Waals surface area contributed by atoms with E-state index in [0.717, 1.165) is 99.8 Å². The number of nitrogens with zero attached hydrogens (tertiary/aromatic N) is 5. The zero-order valence-corrected chi connectivity index (χ0v) is 33.9. The van der Waals surface area contributed by atoms with Gasteiger partial charge in [-0.3, -0.25) is 4.57 Å². The van der Waals surface area contributed by atoms with E-state index >= 15 is 0 Å². The van der Waals surface area contributed by atoms with Crippen molar-refractivity contribution in [2.24, 2.45) is 0 Å². The molecule has 12 aromatic rings. The Morgan fingerprint density at radius 1 is 0.365 bits per heavy atom. The lowest BCUT2D eigenvalue weighted by atomic mass is 9.94. The molecule has 0 bridgehead atoms. The van der Waals surface area contributed by atoms with Crippen LogP contribution in [0.2, 0.25) is 0 Å². The average Bonchev–Trinajstić information content (AvgIpc) is 3.86. The number of hydrogen-bond acceptors (Lipinski definition) is 5. The number of benzene rings is 9. The second-order valence-corrected chi connectivity index (χ2v) is 16.0. The minimum atomic E-state index is 0.536. The van der Waals surface area contributed by atoms with E-state index in [1.54, 1.807) is 0 Å².